The van der Waals surface area contributed by atoms with Gasteiger partial charge in [0.05, 0.1) is 17.4 Å². The van der Waals surface area contributed by atoms with Crippen LogP contribution in [0.2, 0.25) is 0 Å². The summed E-state index contributed by atoms with van der Waals surface area (Å²) < 4.78 is 26.6. The molecule has 1 aromatic rings. The third-order valence-electron chi connectivity index (χ3n) is 6.98. The third kappa shape index (κ3) is 11.2. The molecule has 0 aromatic heterocycles. The van der Waals surface area contributed by atoms with Crippen LogP contribution in [0.5, 0.6) is 11.5 Å². The number of benzene rings is 1. The first-order valence-electron chi connectivity index (χ1n) is 13.9. The Hall–Kier alpha value is -3.14. The molecule has 2 N–H and O–H groups in total. The molecule has 0 spiro atoms. The summed E-state index contributed by atoms with van der Waals surface area (Å²) in [5.74, 6) is -1.28. The Bertz CT molecular complexity index is 1020. The Balaban J connectivity index is 2.93. The fourth-order valence-electron chi connectivity index (χ4n) is 2.82. The maximum absolute atomic E-state index is 12.8. The molecule has 0 bridgehead atoms. The molecule has 0 fully saturated rings. The molecule has 0 heterocycles. The van der Waals surface area contributed by atoms with Crippen LogP contribution in [0.4, 0.5) is 4.79 Å². The van der Waals surface area contributed by atoms with Crippen LogP contribution in [0.25, 0.3) is 0 Å². The van der Waals surface area contributed by atoms with Crippen molar-refractivity contribution in [3.8, 4) is 11.5 Å². The number of ether oxygens (including phenoxy) is 5. The van der Waals surface area contributed by atoms with Gasteiger partial charge in [0.25, 0.3) is 0 Å². The van der Waals surface area contributed by atoms with E-state index in [1.54, 1.807) is 40.7 Å². The SMILES string of the molecule is CCC(C)COC(=O)OC[C@H](C)OC(=O)[C@@H](N)Cc1ccc(OC(=O)C(C)(C)CC)c(OC(=O)C(C)(C)CC)c1. The van der Waals surface area contributed by atoms with Crippen LogP contribution >= 0.6 is 0 Å². The summed E-state index contributed by atoms with van der Waals surface area (Å²) in [6, 6.07) is 3.62. The van der Waals surface area contributed by atoms with Gasteiger partial charge in [0, 0.05) is 0 Å². The highest BCUT2D eigenvalue weighted by atomic mass is 16.7. The summed E-state index contributed by atoms with van der Waals surface area (Å²) in [7, 11) is 0. The Morgan fingerprint density at radius 2 is 1.35 bits per heavy atom. The standard InChI is InChI=1S/C30H47NO9/c1-10-19(4)17-36-28(35)37-18-20(5)38-25(32)22(31)15-21-13-14-23(39-26(33)29(6,7)11-2)24(16-21)40-27(34)30(8,9)12-3/h13-14,16,19-20,22H,10-12,15,17-18,31H2,1-9H3/t19?,20-,22-/m0/s1. The molecule has 10 heteroatoms. The van der Waals surface area contributed by atoms with Gasteiger partial charge in [-0.05, 0) is 77.5 Å². The highest BCUT2D eigenvalue weighted by Gasteiger charge is 2.31. The number of carbonyl (C=O) groups excluding carboxylic acids is 4. The van der Waals surface area contributed by atoms with Crippen LogP contribution in [-0.4, -0.2) is 49.4 Å². The molecule has 0 saturated carbocycles. The zero-order valence-corrected chi connectivity index (χ0v) is 25.5. The molecule has 40 heavy (non-hydrogen) atoms. The molecule has 0 saturated heterocycles. The van der Waals surface area contributed by atoms with E-state index in [1.165, 1.54) is 12.1 Å². The summed E-state index contributed by atoms with van der Waals surface area (Å²) in [6.45, 7) is 16.4. The van der Waals surface area contributed by atoms with E-state index in [4.69, 9.17) is 29.4 Å². The normalized spacial score (nSPS) is 13.9. The average molecular weight is 566 g/mol. The topological polar surface area (TPSA) is 140 Å². The lowest BCUT2D eigenvalue weighted by Gasteiger charge is -2.23. The molecular formula is C30H47NO9. The molecule has 1 rings (SSSR count). The van der Waals surface area contributed by atoms with Crippen LogP contribution < -0.4 is 15.2 Å². The van der Waals surface area contributed by atoms with E-state index in [1.807, 2.05) is 27.7 Å². The molecule has 0 aliphatic heterocycles. The molecule has 0 aliphatic carbocycles. The van der Waals surface area contributed by atoms with E-state index in [0.29, 0.717) is 18.4 Å². The first kappa shape index (κ1) is 34.9. The quantitative estimate of drug-likeness (QED) is 0.218. The molecule has 1 aromatic carbocycles. The molecule has 1 unspecified atom stereocenters. The predicted octanol–water partition coefficient (Wildman–Crippen LogP) is 5.37. The zero-order valence-electron chi connectivity index (χ0n) is 25.5. The molecule has 10 nitrogen and oxygen atoms in total. The molecule has 226 valence electrons. The molecule has 0 radical (unpaired) electrons. The summed E-state index contributed by atoms with van der Waals surface area (Å²) in [5, 5.41) is 0. The lowest BCUT2D eigenvalue weighted by molar-refractivity contribution is -0.152. The second-order valence-corrected chi connectivity index (χ2v) is 11.5. The van der Waals surface area contributed by atoms with Crippen molar-refractivity contribution in [1.29, 1.82) is 0 Å². The number of rotatable bonds is 15. The van der Waals surface area contributed by atoms with Gasteiger partial charge in [-0.2, -0.15) is 0 Å². The first-order valence-corrected chi connectivity index (χ1v) is 13.9. The smallest absolute Gasteiger partial charge is 0.458 e. The maximum atomic E-state index is 12.8. The van der Waals surface area contributed by atoms with Crippen molar-refractivity contribution in [2.75, 3.05) is 13.2 Å². The van der Waals surface area contributed by atoms with Gasteiger partial charge in [-0.25, -0.2) is 4.79 Å². The second kappa shape index (κ2) is 15.6. The summed E-state index contributed by atoms with van der Waals surface area (Å²) in [4.78, 5) is 49.8. The largest absolute Gasteiger partial charge is 0.508 e. The van der Waals surface area contributed by atoms with Crippen molar-refractivity contribution >= 4 is 24.1 Å². The van der Waals surface area contributed by atoms with E-state index in [0.717, 1.165) is 6.42 Å². The van der Waals surface area contributed by atoms with Crippen LogP contribution in [0.1, 0.15) is 87.1 Å². The van der Waals surface area contributed by atoms with Gasteiger partial charge in [0.1, 0.15) is 18.8 Å². The fraction of sp³-hybridized carbons (Fsp3) is 0.667. The number of nitrogens with two attached hydrogens (primary N) is 1. The first-order chi connectivity index (χ1) is 18.6. The monoisotopic (exact) mass is 565 g/mol. The Labute approximate surface area is 238 Å². The van der Waals surface area contributed by atoms with Crippen molar-refractivity contribution in [3.05, 3.63) is 23.8 Å². The zero-order chi connectivity index (χ0) is 30.7. The van der Waals surface area contributed by atoms with Gasteiger partial charge < -0.3 is 29.4 Å². The van der Waals surface area contributed by atoms with Gasteiger partial charge in [-0.3, -0.25) is 14.4 Å². The molecule has 0 aliphatic rings. The van der Waals surface area contributed by atoms with Crippen LogP contribution in [-0.2, 0) is 35.0 Å². The Morgan fingerprint density at radius 3 is 1.88 bits per heavy atom. The lowest BCUT2D eigenvalue weighted by atomic mass is 9.90. The second-order valence-electron chi connectivity index (χ2n) is 11.5. The summed E-state index contributed by atoms with van der Waals surface area (Å²) in [5.41, 5.74) is 5.15. The third-order valence-corrected chi connectivity index (χ3v) is 6.98. The van der Waals surface area contributed by atoms with Crippen LogP contribution in [0, 0.1) is 16.7 Å². The fourth-order valence-corrected chi connectivity index (χ4v) is 2.82. The van der Waals surface area contributed by atoms with Crippen LogP contribution in [0.15, 0.2) is 18.2 Å². The van der Waals surface area contributed by atoms with Crippen molar-refractivity contribution in [1.82, 2.24) is 0 Å². The van der Waals surface area contributed by atoms with Crippen LogP contribution in [0.3, 0.4) is 0 Å². The van der Waals surface area contributed by atoms with Crippen molar-refractivity contribution < 1.29 is 42.9 Å². The van der Waals surface area contributed by atoms with E-state index in [-0.39, 0.29) is 37.1 Å². The highest BCUT2D eigenvalue weighted by molar-refractivity contribution is 5.81. The minimum atomic E-state index is -1.05. The minimum absolute atomic E-state index is 0.0553. The predicted molar refractivity (Wildman–Crippen MR) is 150 cm³/mol. The maximum Gasteiger partial charge on any atom is 0.508 e. The minimum Gasteiger partial charge on any atom is -0.458 e. The van der Waals surface area contributed by atoms with E-state index >= 15 is 0 Å². The Morgan fingerprint density at radius 1 is 0.825 bits per heavy atom. The molecule has 0 amide bonds. The van der Waals surface area contributed by atoms with Gasteiger partial charge in [-0.15, -0.1) is 0 Å². The van der Waals surface area contributed by atoms with Crippen molar-refractivity contribution in [2.45, 2.75) is 100 Å². The number of hydrogen-bond acceptors (Lipinski definition) is 10. The van der Waals surface area contributed by atoms with Gasteiger partial charge in [0.2, 0.25) is 0 Å². The average Bonchev–Trinajstić information content (AvgIpc) is 2.91. The number of hydrogen-bond donors (Lipinski definition) is 1. The molecule has 3 atom stereocenters. The summed E-state index contributed by atoms with van der Waals surface area (Å²) in [6.07, 6.45) is 0.444. The molecular weight excluding hydrogens is 518 g/mol. The van der Waals surface area contributed by atoms with Gasteiger partial charge in [0.15, 0.2) is 11.5 Å². The number of carbonyl (C=O) groups is 4. The van der Waals surface area contributed by atoms with E-state index in [9.17, 15) is 19.2 Å². The highest BCUT2D eigenvalue weighted by Crippen LogP contribution is 2.34. The van der Waals surface area contributed by atoms with E-state index in [2.05, 4.69) is 0 Å². The van der Waals surface area contributed by atoms with E-state index < -0.39 is 47.0 Å². The summed E-state index contributed by atoms with van der Waals surface area (Å²) >= 11 is 0. The van der Waals surface area contributed by atoms with Crippen molar-refractivity contribution in [2.24, 2.45) is 22.5 Å². The van der Waals surface area contributed by atoms with Crippen molar-refractivity contribution in [3.63, 3.8) is 0 Å². The Kier molecular flexibility index (Phi) is 13.6. The lowest BCUT2D eigenvalue weighted by Crippen LogP contribution is -2.37. The van der Waals surface area contributed by atoms with Gasteiger partial charge in [-0.1, -0.05) is 40.2 Å². The number of esters is 3. The van der Waals surface area contributed by atoms with Gasteiger partial charge >= 0.3 is 24.1 Å².